The van der Waals surface area contributed by atoms with Crippen LogP contribution in [0.15, 0.2) is 97.1 Å². The minimum absolute atomic E-state index is 0.360. The lowest BCUT2D eigenvalue weighted by atomic mass is 10.1. The highest BCUT2D eigenvalue weighted by molar-refractivity contribution is 7.22. The van der Waals surface area contributed by atoms with Gasteiger partial charge in [0, 0.05) is 17.5 Å². The van der Waals surface area contributed by atoms with Crippen molar-refractivity contribution in [1.82, 2.24) is 9.97 Å². The van der Waals surface area contributed by atoms with Crippen LogP contribution in [0.2, 0.25) is 0 Å². The van der Waals surface area contributed by atoms with Crippen LogP contribution in [0.5, 0.6) is 11.5 Å². The summed E-state index contributed by atoms with van der Waals surface area (Å²) < 4.78 is 15.3. The fourth-order valence-corrected chi connectivity index (χ4v) is 7.35. The standard InChI is InChI=1S/C38H40N2O2S2/c1-2-3-4-5-6-7-8-9-10-19-36(41-30-24-20-28(21-25-30)37-39-32-15-11-13-17-34(32)43-37)42-31-26-22-29(23-27-31)38-40-33-16-12-14-18-35(33)44-38/h11-18,20-27,36H,2-10,19H2,1H3. The van der Waals surface area contributed by atoms with Crippen molar-refractivity contribution >= 4 is 43.1 Å². The van der Waals surface area contributed by atoms with Gasteiger partial charge in [0.25, 0.3) is 0 Å². The molecule has 0 amide bonds. The Morgan fingerprint density at radius 2 is 0.955 bits per heavy atom. The maximum atomic E-state index is 6.45. The molecule has 0 bridgehead atoms. The summed E-state index contributed by atoms with van der Waals surface area (Å²) in [5, 5.41) is 2.04. The number of thiazole rings is 2. The molecule has 0 saturated heterocycles. The second kappa shape index (κ2) is 15.3. The van der Waals surface area contributed by atoms with Crippen molar-refractivity contribution in [3.63, 3.8) is 0 Å². The molecule has 6 heteroatoms. The van der Waals surface area contributed by atoms with Crippen molar-refractivity contribution in [2.45, 2.75) is 77.4 Å². The Labute approximate surface area is 268 Å². The van der Waals surface area contributed by atoms with Gasteiger partial charge in [0.15, 0.2) is 0 Å². The molecule has 0 aliphatic rings. The Bertz CT molecular complexity index is 1560. The number of para-hydroxylation sites is 2. The Morgan fingerprint density at radius 3 is 1.41 bits per heavy atom. The molecule has 6 aromatic rings. The number of benzene rings is 4. The molecule has 0 aliphatic heterocycles. The van der Waals surface area contributed by atoms with Crippen LogP contribution in [0.25, 0.3) is 41.6 Å². The maximum Gasteiger partial charge on any atom is 0.241 e. The molecular weight excluding hydrogens is 581 g/mol. The summed E-state index contributed by atoms with van der Waals surface area (Å²) >= 11 is 3.43. The molecule has 2 aromatic heterocycles. The molecule has 2 heterocycles. The van der Waals surface area contributed by atoms with Gasteiger partial charge >= 0.3 is 0 Å². The Balaban J connectivity index is 1.09. The first-order chi connectivity index (χ1) is 21.7. The largest absolute Gasteiger partial charge is 0.455 e. The van der Waals surface area contributed by atoms with E-state index in [-0.39, 0.29) is 6.29 Å². The van der Waals surface area contributed by atoms with Crippen LogP contribution in [-0.4, -0.2) is 16.3 Å². The Hall–Kier alpha value is -3.74. The Morgan fingerprint density at radius 1 is 0.523 bits per heavy atom. The predicted octanol–water partition coefficient (Wildman–Crippen LogP) is 11.9. The third kappa shape index (κ3) is 8.04. The number of aromatic nitrogens is 2. The summed E-state index contributed by atoms with van der Waals surface area (Å²) in [4.78, 5) is 9.61. The van der Waals surface area contributed by atoms with Crippen LogP contribution in [0, 0.1) is 0 Å². The number of unbranched alkanes of at least 4 members (excludes halogenated alkanes) is 8. The zero-order valence-corrected chi connectivity index (χ0v) is 27.0. The van der Waals surface area contributed by atoms with Crippen LogP contribution in [0.4, 0.5) is 0 Å². The van der Waals surface area contributed by atoms with Crippen LogP contribution < -0.4 is 9.47 Å². The van der Waals surface area contributed by atoms with Crippen LogP contribution >= 0.6 is 22.7 Å². The fourth-order valence-electron chi connectivity index (χ4n) is 5.41. The van der Waals surface area contributed by atoms with E-state index in [0.717, 1.165) is 56.5 Å². The fraction of sp³-hybridized carbons (Fsp3) is 0.316. The monoisotopic (exact) mass is 620 g/mol. The summed E-state index contributed by atoms with van der Waals surface area (Å²) in [6.45, 7) is 2.27. The van der Waals surface area contributed by atoms with E-state index in [1.54, 1.807) is 22.7 Å². The van der Waals surface area contributed by atoms with Gasteiger partial charge in [-0.1, -0.05) is 82.6 Å². The molecule has 44 heavy (non-hydrogen) atoms. The molecule has 4 aromatic carbocycles. The molecule has 0 fully saturated rings. The quantitative estimate of drug-likeness (QED) is 0.0797. The first-order valence-corrected chi connectivity index (χ1v) is 17.6. The van der Waals surface area contributed by atoms with E-state index in [2.05, 4.69) is 67.6 Å². The van der Waals surface area contributed by atoms with Crippen molar-refractivity contribution in [2.75, 3.05) is 0 Å². The summed E-state index contributed by atoms with van der Waals surface area (Å²) in [6.07, 6.45) is 12.1. The average molecular weight is 621 g/mol. The molecule has 0 radical (unpaired) electrons. The van der Waals surface area contributed by atoms with Gasteiger partial charge in [-0.3, -0.25) is 0 Å². The molecule has 226 valence electrons. The molecule has 0 spiro atoms. The zero-order chi connectivity index (χ0) is 30.0. The number of hydrogen-bond donors (Lipinski definition) is 0. The van der Waals surface area contributed by atoms with Gasteiger partial charge in [-0.25, -0.2) is 9.97 Å². The van der Waals surface area contributed by atoms with Gasteiger partial charge in [0.2, 0.25) is 6.29 Å². The van der Waals surface area contributed by atoms with E-state index >= 15 is 0 Å². The van der Waals surface area contributed by atoms with Crippen LogP contribution in [0.3, 0.4) is 0 Å². The first-order valence-electron chi connectivity index (χ1n) is 16.0. The molecular formula is C38H40N2O2S2. The summed E-state index contributed by atoms with van der Waals surface area (Å²) in [5.74, 6) is 1.61. The number of rotatable bonds is 16. The molecule has 0 saturated carbocycles. The lowest BCUT2D eigenvalue weighted by molar-refractivity contribution is -0.00244. The lowest BCUT2D eigenvalue weighted by Gasteiger charge is -2.21. The van der Waals surface area contributed by atoms with E-state index in [1.807, 2.05) is 36.4 Å². The second-order valence-electron chi connectivity index (χ2n) is 11.3. The average Bonchev–Trinajstić information content (AvgIpc) is 3.69. The van der Waals surface area contributed by atoms with E-state index in [4.69, 9.17) is 19.4 Å². The maximum absolute atomic E-state index is 6.45. The third-order valence-corrected chi connectivity index (χ3v) is 10.0. The van der Waals surface area contributed by atoms with Crippen molar-refractivity contribution in [1.29, 1.82) is 0 Å². The van der Waals surface area contributed by atoms with E-state index in [0.29, 0.717) is 0 Å². The SMILES string of the molecule is CCCCCCCCCCCC(Oc1ccc(-c2nc3ccccc3s2)cc1)Oc1ccc(-c2nc3ccccc3s2)cc1. The van der Waals surface area contributed by atoms with Crippen molar-refractivity contribution in [3.8, 4) is 32.6 Å². The van der Waals surface area contributed by atoms with Gasteiger partial charge < -0.3 is 9.47 Å². The molecule has 0 N–H and O–H groups in total. The minimum Gasteiger partial charge on any atom is -0.455 e. The zero-order valence-electron chi connectivity index (χ0n) is 25.4. The number of hydrogen-bond acceptors (Lipinski definition) is 6. The van der Waals surface area contributed by atoms with Crippen LogP contribution in [0.1, 0.15) is 71.1 Å². The minimum atomic E-state index is -0.360. The van der Waals surface area contributed by atoms with Crippen molar-refractivity contribution < 1.29 is 9.47 Å². The molecule has 6 rings (SSSR count). The summed E-state index contributed by atoms with van der Waals surface area (Å²) in [6, 6.07) is 33.0. The molecule has 0 atom stereocenters. The smallest absolute Gasteiger partial charge is 0.241 e. The van der Waals surface area contributed by atoms with E-state index in [9.17, 15) is 0 Å². The summed E-state index contributed by atoms with van der Waals surface area (Å²) in [7, 11) is 0. The highest BCUT2D eigenvalue weighted by Gasteiger charge is 2.15. The van der Waals surface area contributed by atoms with E-state index < -0.39 is 0 Å². The highest BCUT2D eigenvalue weighted by atomic mass is 32.1. The summed E-state index contributed by atoms with van der Waals surface area (Å²) in [5.41, 5.74) is 4.27. The number of ether oxygens (including phenoxy) is 2. The molecule has 0 aliphatic carbocycles. The van der Waals surface area contributed by atoms with Gasteiger partial charge in [0.05, 0.1) is 20.4 Å². The van der Waals surface area contributed by atoms with Gasteiger partial charge in [0.1, 0.15) is 21.5 Å². The Kier molecular flexibility index (Phi) is 10.5. The topological polar surface area (TPSA) is 44.2 Å². The molecule has 4 nitrogen and oxygen atoms in total. The third-order valence-electron chi connectivity index (χ3n) is 7.87. The van der Waals surface area contributed by atoms with Gasteiger partial charge in [-0.15, -0.1) is 22.7 Å². The predicted molar refractivity (Wildman–Crippen MR) is 187 cm³/mol. The van der Waals surface area contributed by atoms with Gasteiger partial charge in [-0.05, 0) is 79.2 Å². The number of fused-ring (bicyclic) bond motifs is 2. The van der Waals surface area contributed by atoms with Crippen LogP contribution in [-0.2, 0) is 0 Å². The van der Waals surface area contributed by atoms with Crippen molar-refractivity contribution in [2.24, 2.45) is 0 Å². The highest BCUT2D eigenvalue weighted by Crippen LogP contribution is 2.33. The normalized spacial score (nSPS) is 11.5. The molecule has 0 unspecified atom stereocenters. The van der Waals surface area contributed by atoms with Gasteiger partial charge in [-0.2, -0.15) is 0 Å². The lowest BCUT2D eigenvalue weighted by Crippen LogP contribution is -2.24. The first kappa shape index (κ1) is 30.3. The van der Waals surface area contributed by atoms with E-state index in [1.165, 1.54) is 60.8 Å². The number of nitrogens with zero attached hydrogens (tertiary/aromatic N) is 2. The van der Waals surface area contributed by atoms with Crippen molar-refractivity contribution in [3.05, 3.63) is 97.1 Å². The second-order valence-corrected chi connectivity index (χ2v) is 13.4.